The van der Waals surface area contributed by atoms with Gasteiger partial charge in [-0.25, -0.2) is 19.2 Å². The maximum Gasteiger partial charge on any atom is 0.408 e. The van der Waals surface area contributed by atoms with Crippen molar-refractivity contribution in [2.24, 2.45) is 0 Å². The Bertz CT molecular complexity index is 1200. The van der Waals surface area contributed by atoms with E-state index in [1.54, 1.807) is 12.3 Å². The number of fused-ring (bicyclic) bond motifs is 1. The normalized spacial score (nSPS) is 25.8. The van der Waals surface area contributed by atoms with Gasteiger partial charge in [0.1, 0.15) is 11.8 Å². The first-order valence-corrected chi connectivity index (χ1v) is 11.6. The first kappa shape index (κ1) is 21.3. The van der Waals surface area contributed by atoms with Crippen LogP contribution >= 0.6 is 0 Å². The van der Waals surface area contributed by atoms with E-state index in [1.165, 1.54) is 6.42 Å². The Labute approximate surface area is 195 Å². The summed E-state index contributed by atoms with van der Waals surface area (Å²) in [4.78, 5) is 23.4. The molecule has 5 heterocycles. The second-order valence-corrected chi connectivity index (χ2v) is 9.52. The molecular formula is C22H27FN8O3. The fourth-order valence-corrected chi connectivity index (χ4v) is 4.23. The van der Waals surface area contributed by atoms with Crippen LogP contribution in [0.25, 0.3) is 5.65 Å². The molecule has 180 valence electrons. The molecule has 0 radical (unpaired) electrons. The fourth-order valence-electron chi connectivity index (χ4n) is 4.23. The third kappa shape index (κ3) is 4.18. The van der Waals surface area contributed by atoms with Gasteiger partial charge in [-0.15, -0.1) is 0 Å². The first-order chi connectivity index (χ1) is 16.5. The Morgan fingerprint density at radius 2 is 2.26 bits per heavy atom. The van der Waals surface area contributed by atoms with Gasteiger partial charge in [0.05, 0.1) is 18.0 Å². The molecule has 1 aliphatic carbocycles. The van der Waals surface area contributed by atoms with Crippen molar-refractivity contribution in [1.29, 1.82) is 0 Å². The molecular weight excluding hydrogens is 443 g/mol. The van der Waals surface area contributed by atoms with Crippen LogP contribution in [0.4, 0.5) is 21.0 Å². The number of imidazole rings is 1. The molecule has 1 saturated carbocycles. The Morgan fingerprint density at radius 1 is 1.41 bits per heavy atom. The number of nitrogens with one attached hydrogen (secondary N) is 3. The second kappa shape index (κ2) is 8.20. The van der Waals surface area contributed by atoms with Crippen molar-refractivity contribution >= 4 is 23.5 Å². The summed E-state index contributed by atoms with van der Waals surface area (Å²) >= 11 is 0. The van der Waals surface area contributed by atoms with Gasteiger partial charge >= 0.3 is 6.09 Å². The van der Waals surface area contributed by atoms with Gasteiger partial charge in [-0.3, -0.25) is 14.4 Å². The number of nitrogens with zero attached hydrogens (tertiary/aromatic N) is 5. The van der Waals surface area contributed by atoms with E-state index in [0.29, 0.717) is 17.5 Å². The molecule has 1 amide bonds. The number of hydrogen-bond donors (Lipinski definition) is 3. The lowest BCUT2D eigenvalue weighted by Crippen LogP contribution is -2.39. The summed E-state index contributed by atoms with van der Waals surface area (Å²) in [5, 5.41) is 13.0. The molecule has 2 aliphatic heterocycles. The van der Waals surface area contributed by atoms with Crippen LogP contribution < -0.4 is 10.6 Å². The van der Waals surface area contributed by atoms with Crippen LogP contribution in [-0.4, -0.2) is 73.1 Å². The van der Waals surface area contributed by atoms with Crippen molar-refractivity contribution in [1.82, 2.24) is 34.8 Å². The van der Waals surface area contributed by atoms with Gasteiger partial charge in [-0.2, -0.15) is 5.10 Å². The summed E-state index contributed by atoms with van der Waals surface area (Å²) in [5.41, 5.74) is 1.98. The summed E-state index contributed by atoms with van der Waals surface area (Å²) in [6, 6.07) is 3.52. The van der Waals surface area contributed by atoms with Crippen LogP contribution in [0.1, 0.15) is 43.7 Å². The number of anilines is 2. The number of alkyl carbamates (subject to hydrolysis) is 1. The maximum atomic E-state index is 15.0. The number of rotatable bonds is 7. The van der Waals surface area contributed by atoms with Crippen LogP contribution in [0.5, 0.6) is 0 Å². The number of halogens is 1. The van der Waals surface area contributed by atoms with Gasteiger partial charge in [0.2, 0.25) is 5.95 Å². The fraction of sp³-hybridized carbons (Fsp3) is 0.545. The average Bonchev–Trinajstić information content (AvgIpc) is 3.14. The van der Waals surface area contributed by atoms with Crippen LogP contribution in [-0.2, 0) is 16.0 Å². The number of H-pyrrole nitrogens is 1. The Morgan fingerprint density at radius 3 is 3.03 bits per heavy atom. The molecule has 3 atom stereocenters. The van der Waals surface area contributed by atoms with E-state index < -0.39 is 24.5 Å². The number of carbonyl (C=O) groups excluding carboxylic acids is 1. The number of aromatic amines is 1. The van der Waals surface area contributed by atoms with Crippen molar-refractivity contribution in [3.63, 3.8) is 0 Å². The molecule has 11 nitrogen and oxygen atoms in total. The van der Waals surface area contributed by atoms with Crippen LogP contribution in [0.2, 0.25) is 0 Å². The van der Waals surface area contributed by atoms with E-state index in [2.05, 4.69) is 35.7 Å². The van der Waals surface area contributed by atoms with Crippen molar-refractivity contribution in [2.45, 2.75) is 56.6 Å². The highest BCUT2D eigenvalue weighted by atomic mass is 19.1. The van der Waals surface area contributed by atoms with Crippen molar-refractivity contribution in [3.05, 3.63) is 35.9 Å². The molecule has 0 bridgehead atoms. The number of alkyl halides is 1. The third-order valence-corrected chi connectivity index (χ3v) is 6.66. The average molecular weight is 471 g/mol. The predicted octanol–water partition coefficient (Wildman–Crippen LogP) is 2.46. The molecule has 12 heteroatoms. The highest BCUT2D eigenvalue weighted by molar-refractivity contribution is 5.69. The molecule has 2 saturated heterocycles. The van der Waals surface area contributed by atoms with E-state index in [1.807, 2.05) is 23.6 Å². The quantitative estimate of drug-likeness (QED) is 0.482. The molecule has 0 unspecified atom stereocenters. The predicted molar refractivity (Wildman–Crippen MR) is 119 cm³/mol. The molecule has 0 aromatic carbocycles. The van der Waals surface area contributed by atoms with Crippen LogP contribution in [0.15, 0.2) is 24.5 Å². The minimum absolute atomic E-state index is 0.0204. The Kier molecular flexibility index (Phi) is 5.14. The van der Waals surface area contributed by atoms with Gasteiger partial charge in [0.15, 0.2) is 18.1 Å². The van der Waals surface area contributed by atoms with Crippen LogP contribution in [0, 0.1) is 0 Å². The van der Waals surface area contributed by atoms with Crippen molar-refractivity contribution < 1.29 is 18.7 Å². The van der Waals surface area contributed by atoms with Gasteiger partial charge in [-0.1, -0.05) is 0 Å². The number of aromatic nitrogens is 5. The number of hydrogen-bond acceptors (Lipinski definition) is 8. The molecule has 3 aromatic rings. The van der Waals surface area contributed by atoms with E-state index in [0.717, 1.165) is 43.8 Å². The SMILES string of the molecule is CC1(NC(=O)O[C@@H]2CO[C@H](c3cc(Nc4nccc5nc(CN6CCC6)cn45)n[nH]3)[C@@H]2F)CC1. The lowest BCUT2D eigenvalue weighted by atomic mass is 10.1. The highest BCUT2D eigenvalue weighted by Crippen LogP contribution is 2.36. The third-order valence-electron chi connectivity index (χ3n) is 6.66. The standard InChI is InChI=1S/C22H27FN8O3/c1-22(4-5-22)27-21(32)34-15-12-33-19(18(15)23)14-9-16(29-28-14)26-20-24-6-3-17-25-13(11-31(17)20)10-30-7-2-8-30/h3,6,9,11,15,18-19H,2,4-5,7-8,10,12H2,1H3,(H,27,32)(H2,24,26,28,29)/t15-,18-,19-/m1/s1. The van der Waals surface area contributed by atoms with Gasteiger partial charge in [-0.05, 0) is 45.3 Å². The Hall–Kier alpha value is -3.25. The summed E-state index contributed by atoms with van der Waals surface area (Å²) in [5.74, 6) is 1.01. The minimum Gasteiger partial charge on any atom is -0.441 e. The molecule has 3 aliphatic rings. The number of carbonyl (C=O) groups is 1. The minimum atomic E-state index is -1.51. The first-order valence-electron chi connectivity index (χ1n) is 11.6. The topological polar surface area (TPSA) is 122 Å². The van der Waals surface area contributed by atoms with Gasteiger partial charge in [0, 0.05) is 30.5 Å². The smallest absolute Gasteiger partial charge is 0.408 e. The zero-order valence-corrected chi connectivity index (χ0v) is 18.8. The van der Waals surface area contributed by atoms with Gasteiger partial charge in [0.25, 0.3) is 0 Å². The largest absolute Gasteiger partial charge is 0.441 e. The lowest BCUT2D eigenvalue weighted by Gasteiger charge is -2.29. The van der Waals surface area contributed by atoms with E-state index in [9.17, 15) is 4.79 Å². The molecule has 6 rings (SSSR count). The summed E-state index contributed by atoms with van der Waals surface area (Å²) in [6.07, 6.45) is 2.67. The molecule has 0 spiro atoms. The number of ether oxygens (including phenoxy) is 2. The van der Waals surface area contributed by atoms with E-state index in [4.69, 9.17) is 9.47 Å². The Balaban J connectivity index is 1.11. The van der Waals surface area contributed by atoms with E-state index in [-0.39, 0.29) is 12.1 Å². The zero-order valence-electron chi connectivity index (χ0n) is 18.8. The summed E-state index contributed by atoms with van der Waals surface area (Å²) in [6.45, 7) is 4.92. The maximum absolute atomic E-state index is 15.0. The van der Waals surface area contributed by atoms with Gasteiger partial charge < -0.3 is 20.1 Å². The molecule has 34 heavy (non-hydrogen) atoms. The summed E-state index contributed by atoms with van der Waals surface area (Å²) < 4.78 is 27.7. The summed E-state index contributed by atoms with van der Waals surface area (Å²) in [7, 11) is 0. The zero-order chi connectivity index (χ0) is 23.3. The van der Waals surface area contributed by atoms with Crippen LogP contribution in [0.3, 0.4) is 0 Å². The molecule has 3 N–H and O–H groups in total. The lowest BCUT2D eigenvalue weighted by molar-refractivity contribution is 0.0604. The van der Waals surface area contributed by atoms with Crippen molar-refractivity contribution in [2.75, 3.05) is 25.0 Å². The number of likely N-dealkylation sites (tertiary alicyclic amines) is 1. The molecule has 3 aromatic heterocycles. The highest BCUT2D eigenvalue weighted by Gasteiger charge is 2.44. The van der Waals surface area contributed by atoms with E-state index >= 15 is 4.39 Å². The molecule has 3 fully saturated rings. The van der Waals surface area contributed by atoms with Crippen molar-refractivity contribution in [3.8, 4) is 0 Å². The second-order valence-electron chi connectivity index (χ2n) is 9.52. The number of amides is 1. The monoisotopic (exact) mass is 470 g/mol.